The van der Waals surface area contributed by atoms with Gasteiger partial charge in [0.05, 0.1) is 62.3 Å². The summed E-state index contributed by atoms with van der Waals surface area (Å²) < 4.78 is 60.0. The maximum absolute atomic E-state index is 15.1. The first-order chi connectivity index (χ1) is 21.8. The SMILES string of the molecule is CN(CC1COCCO1)C[C@H]1CNC[C@@H](CCc2c(F)cncc2NC(=O)C(N)C(c2ccc(F)cc2)c2ccc(F)cc2)O1. The molecule has 4 N–H and O–H groups in total. The molecule has 0 spiro atoms. The minimum atomic E-state index is -1.16. The third-order valence-electron chi connectivity index (χ3n) is 8.14. The van der Waals surface area contributed by atoms with Gasteiger partial charge in [-0.2, -0.15) is 0 Å². The van der Waals surface area contributed by atoms with Crippen LogP contribution in [0, 0.1) is 17.5 Å². The number of anilines is 1. The number of hydrogen-bond donors (Lipinski definition) is 3. The van der Waals surface area contributed by atoms with E-state index in [2.05, 4.69) is 20.5 Å². The smallest absolute Gasteiger partial charge is 0.242 e. The maximum Gasteiger partial charge on any atom is 0.242 e. The van der Waals surface area contributed by atoms with Gasteiger partial charge >= 0.3 is 0 Å². The number of likely N-dealkylation sites (N-methyl/N-ethyl adjacent to an activating group) is 1. The van der Waals surface area contributed by atoms with Crippen molar-refractivity contribution in [3.63, 3.8) is 0 Å². The van der Waals surface area contributed by atoms with E-state index in [-0.39, 0.29) is 24.0 Å². The molecule has 1 aromatic heterocycles. The fraction of sp³-hybridized carbons (Fsp3) is 0.455. The van der Waals surface area contributed by atoms with E-state index in [0.29, 0.717) is 69.0 Å². The van der Waals surface area contributed by atoms with E-state index in [1.807, 2.05) is 7.05 Å². The zero-order valence-corrected chi connectivity index (χ0v) is 25.3. The van der Waals surface area contributed by atoms with Crippen LogP contribution in [-0.4, -0.2) is 93.2 Å². The molecule has 45 heavy (non-hydrogen) atoms. The quantitative estimate of drug-likeness (QED) is 0.281. The Morgan fingerprint density at radius 2 is 1.62 bits per heavy atom. The van der Waals surface area contributed by atoms with Gasteiger partial charge in [-0.05, 0) is 55.3 Å². The maximum atomic E-state index is 15.1. The van der Waals surface area contributed by atoms with Crippen molar-refractivity contribution in [2.75, 3.05) is 58.4 Å². The van der Waals surface area contributed by atoms with Crippen LogP contribution in [0.15, 0.2) is 60.9 Å². The van der Waals surface area contributed by atoms with E-state index in [0.717, 1.165) is 12.7 Å². The highest BCUT2D eigenvalue weighted by molar-refractivity contribution is 5.96. The molecular weight excluding hydrogens is 587 g/mol. The van der Waals surface area contributed by atoms with Crippen LogP contribution in [0.25, 0.3) is 0 Å². The van der Waals surface area contributed by atoms with Crippen LogP contribution in [0.5, 0.6) is 0 Å². The Morgan fingerprint density at radius 1 is 0.978 bits per heavy atom. The van der Waals surface area contributed by atoms with Gasteiger partial charge in [0.25, 0.3) is 0 Å². The van der Waals surface area contributed by atoms with Gasteiger partial charge < -0.3 is 35.5 Å². The number of benzene rings is 2. The summed E-state index contributed by atoms with van der Waals surface area (Å²) in [4.78, 5) is 19.6. The molecule has 242 valence electrons. The Balaban J connectivity index is 1.22. The summed E-state index contributed by atoms with van der Waals surface area (Å²) in [6.45, 7) is 4.57. The van der Waals surface area contributed by atoms with Crippen molar-refractivity contribution in [3.8, 4) is 0 Å². The predicted octanol–water partition coefficient (Wildman–Crippen LogP) is 3.23. The predicted molar refractivity (Wildman–Crippen MR) is 163 cm³/mol. The van der Waals surface area contributed by atoms with Gasteiger partial charge in [-0.25, -0.2) is 13.2 Å². The van der Waals surface area contributed by atoms with E-state index in [1.54, 1.807) is 0 Å². The van der Waals surface area contributed by atoms with E-state index in [1.165, 1.54) is 54.7 Å². The van der Waals surface area contributed by atoms with Gasteiger partial charge in [-0.15, -0.1) is 0 Å². The number of aromatic nitrogens is 1. The molecule has 3 aromatic rings. The largest absolute Gasteiger partial charge is 0.376 e. The number of halogens is 3. The summed E-state index contributed by atoms with van der Waals surface area (Å²) in [5, 5.41) is 6.17. The summed E-state index contributed by atoms with van der Waals surface area (Å²) in [6, 6.07) is 10.1. The van der Waals surface area contributed by atoms with Gasteiger partial charge in [0.1, 0.15) is 17.5 Å². The number of pyridine rings is 1. The normalized spacial score (nSPS) is 21.2. The van der Waals surface area contributed by atoms with Crippen LogP contribution in [0.2, 0.25) is 0 Å². The Labute approximate surface area is 261 Å². The van der Waals surface area contributed by atoms with E-state index in [9.17, 15) is 13.6 Å². The molecule has 2 aliphatic rings. The third-order valence-corrected chi connectivity index (χ3v) is 8.14. The van der Waals surface area contributed by atoms with Crippen LogP contribution in [0.3, 0.4) is 0 Å². The fourth-order valence-corrected chi connectivity index (χ4v) is 5.91. The van der Waals surface area contributed by atoms with E-state index < -0.39 is 35.3 Å². The lowest BCUT2D eigenvalue weighted by atomic mass is 9.85. The molecule has 2 saturated heterocycles. The number of carbonyl (C=O) groups is 1. The number of nitrogens with two attached hydrogens (primary N) is 1. The van der Waals surface area contributed by atoms with E-state index >= 15 is 4.39 Å². The molecule has 0 bridgehead atoms. The molecule has 0 radical (unpaired) electrons. The van der Waals surface area contributed by atoms with Crippen molar-refractivity contribution < 1.29 is 32.2 Å². The second kappa shape index (κ2) is 15.7. The number of nitrogens with zero attached hydrogens (tertiary/aromatic N) is 2. The van der Waals surface area contributed by atoms with Crippen molar-refractivity contribution in [2.24, 2.45) is 5.73 Å². The fourth-order valence-electron chi connectivity index (χ4n) is 5.91. The molecular formula is C33H40F3N5O4. The highest BCUT2D eigenvalue weighted by atomic mass is 19.1. The molecule has 5 rings (SSSR count). The first kappa shape index (κ1) is 33.0. The highest BCUT2D eigenvalue weighted by Gasteiger charge is 2.30. The Hall–Kier alpha value is -3.39. The van der Waals surface area contributed by atoms with Gasteiger partial charge in [0, 0.05) is 37.7 Å². The summed E-state index contributed by atoms with van der Waals surface area (Å²) >= 11 is 0. The van der Waals surface area contributed by atoms with Crippen molar-refractivity contribution in [1.82, 2.24) is 15.2 Å². The van der Waals surface area contributed by atoms with Crippen molar-refractivity contribution in [2.45, 2.75) is 43.1 Å². The Bertz CT molecular complexity index is 1350. The lowest BCUT2D eigenvalue weighted by molar-refractivity contribution is -0.117. The van der Waals surface area contributed by atoms with E-state index in [4.69, 9.17) is 19.9 Å². The monoisotopic (exact) mass is 627 g/mol. The zero-order valence-electron chi connectivity index (χ0n) is 25.3. The second-order valence-corrected chi connectivity index (χ2v) is 11.6. The Kier molecular flexibility index (Phi) is 11.5. The van der Waals surface area contributed by atoms with Crippen LogP contribution in [-0.2, 0) is 25.4 Å². The minimum absolute atomic E-state index is 0.0363. The number of carbonyl (C=O) groups excluding carboxylic acids is 1. The number of ether oxygens (including phenoxy) is 3. The average molecular weight is 628 g/mol. The Morgan fingerprint density at radius 3 is 2.27 bits per heavy atom. The molecule has 4 atom stereocenters. The van der Waals surface area contributed by atoms with Crippen LogP contribution in [0.4, 0.5) is 18.9 Å². The summed E-state index contributed by atoms with van der Waals surface area (Å²) in [6.07, 6.45) is 3.13. The second-order valence-electron chi connectivity index (χ2n) is 11.6. The summed E-state index contributed by atoms with van der Waals surface area (Å²) in [5.74, 6) is -2.74. The summed E-state index contributed by atoms with van der Waals surface area (Å²) in [5.41, 5.74) is 8.13. The van der Waals surface area contributed by atoms with Gasteiger partial charge in [-0.1, -0.05) is 24.3 Å². The van der Waals surface area contributed by atoms with Crippen molar-refractivity contribution >= 4 is 11.6 Å². The standard InChI is InChI=1S/C33H40F3N5O4/c1-41(19-27-20-43-12-13-44-27)18-26-15-38-14-25(45-26)10-11-28-29(36)16-39-17-30(28)40-33(42)32(37)31(21-2-6-23(34)7-3-21)22-4-8-24(35)9-5-22/h2-9,16-17,25-27,31-32,38H,10-15,18-20,37H2,1H3,(H,40,42)/t25-,26-,27?,32?/m1/s1. The van der Waals surface area contributed by atoms with Crippen LogP contribution >= 0.6 is 0 Å². The molecule has 0 saturated carbocycles. The topological polar surface area (TPSA) is 111 Å². The number of hydrogen-bond acceptors (Lipinski definition) is 8. The minimum Gasteiger partial charge on any atom is -0.376 e. The highest BCUT2D eigenvalue weighted by Crippen LogP contribution is 2.29. The molecule has 1 amide bonds. The van der Waals surface area contributed by atoms with Gasteiger partial charge in [0.2, 0.25) is 5.91 Å². The number of morpholine rings is 1. The van der Waals surface area contributed by atoms with Crippen LogP contribution in [0.1, 0.15) is 29.0 Å². The lowest BCUT2D eigenvalue weighted by Crippen LogP contribution is -2.50. The van der Waals surface area contributed by atoms with Crippen LogP contribution < -0.4 is 16.4 Å². The molecule has 12 heteroatoms. The molecule has 2 fully saturated rings. The lowest BCUT2D eigenvalue weighted by Gasteiger charge is -2.35. The van der Waals surface area contributed by atoms with Crippen molar-refractivity contribution in [1.29, 1.82) is 0 Å². The number of nitrogens with one attached hydrogen (secondary N) is 2. The van der Waals surface area contributed by atoms with Gasteiger partial charge in [-0.3, -0.25) is 9.78 Å². The molecule has 2 unspecified atom stereocenters. The molecule has 9 nitrogen and oxygen atoms in total. The molecule has 3 heterocycles. The average Bonchev–Trinajstić information content (AvgIpc) is 3.03. The zero-order chi connectivity index (χ0) is 31.8. The number of rotatable bonds is 12. The molecule has 0 aliphatic carbocycles. The first-order valence-corrected chi connectivity index (χ1v) is 15.2. The molecule has 2 aromatic carbocycles. The van der Waals surface area contributed by atoms with Gasteiger partial charge in [0.15, 0.2) is 0 Å². The third kappa shape index (κ3) is 9.09. The molecule has 2 aliphatic heterocycles. The van der Waals surface area contributed by atoms with Crippen molar-refractivity contribution in [3.05, 3.63) is 95.1 Å². The number of amides is 1. The first-order valence-electron chi connectivity index (χ1n) is 15.2. The summed E-state index contributed by atoms with van der Waals surface area (Å²) in [7, 11) is 2.02.